The maximum Gasteiger partial charge on any atom is 0.241 e. The number of aryl methyl sites for hydroxylation is 1. The number of rotatable bonds is 6. The molecule has 5 heteroatoms. The van der Waals surface area contributed by atoms with Gasteiger partial charge >= 0.3 is 0 Å². The van der Waals surface area contributed by atoms with Gasteiger partial charge < -0.3 is 0 Å². The first-order chi connectivity index (χ1) is 11.6. The lowest BCUT2D eigenvalue weighted by Crippen LogP contribution is -2.29. The Bertz CT molecular complexity index is 871. The van der Waals surface area contributed by atoms with Gasteiger partial charge in [-0.15, -0.1) is 11.3 Å². The van der Waals surface area contributed by atoms with Crippen molar-refractivity contribution in [3.05, 3.63) is 88.1 Å². The van der Waals surface area contributed by atoms with Crippen LogP contribution in [0.2, 0.25) is 0 Å². The fraction of sp³-hybridized carbons (Fsp3) is 0.158. The monoisotopic (exact) mass is 357 g/mol. The molecule has 0 fully saturated rings. The summed E-state index contributed by atoms with van der Waals surface area (Å²) in [7, 11) is -3.59. The quantitative estimate of drug-likeness (QED) is 0.712. The zero-order valence-corrected chi connectivity index (χ0v) is 15.0. The molecule has 0 spiro atoms. The summed E-state index contributed by atoms with van der Waals surface area (Å²) in [5, 5.41) is 1.96. The van der Waals surface area contributed by atoms with E-state index in [9.17, 15) is 8.42 Å². The summed E-state index contributed by atoms with van der Waals surface area (Å²) in [4.78, 5) is 1.25. The van der Waals surface area contributed by atoms with Crippen LogP contribution >= 0.6 is 11.3 Å². The van der Waals surface area contributed by atoms with E-state index in [1.807, 2.05) is 41.8 Å². The Morgan fingerprint density at radius 2 is 1.67 bits per heavy atom. The number of benzene rings is 2. The van der Waals surface area contributed by atoms with Crippen molar-refractivity contribution in [1.82, 2.24) is 4.72 Å². The summed E-state index contributed by atoms with van der Waals surface area (Å²) < 4.78 is 28.3. The van der Waals surface area contributed by atoms with Gasteiger partial charge in [0.05, 0.1) is 10.9 Å². The largest absolute Gasteiger partial charge is 0.241 e. The minimum Gasteiger partial charge on any atom is -0.207 e. The van der Waals surface area contributed by atoms with E-state index in [0.29, 0.717) is 0 Å². The molecule has 1 heterocycles. The molecule has 1 atom stereocenters. The van der Waals surface area contributed by atoms with Crippen molar-refractivity contribution in [2.24, 2.45) is 0 Å². The number of thiophene rings is 1. The summed E-state index contributed by atoms with van der Waals surface area (Å²) in [6.45, 7) is 2.10. The zero-order chi connectivity index (χ0) is 17.0. The molecule has 1 aromatic heterocycles. The molecule has 3 rings (SSSR count). The topological polar surface area (TPSA) is 46.2 Å². The summed E-state index contributed by atoms with van der Waals surface area (Å²) in [5.74, 6) is 0. The summed E-state index contributed by atoms with van der Waals surface area (Å²) in [6.07, 6.45) is 0.958. The molecule has 2 aromatic carbocycles. The molecule has 0 amide bonds. The third kappa shape index (κ3) is 3.75. The molecule has 1 unspecified atom stereocenters. The van der Waals surface area contributed by atoms with Gasteiger partial charge in [0, 0.05) is 4.88 Å². The Labute approximate surface area is 147 Å². The Hall–Kier alpha value is -1.95. The van der Waals surface area contributed by atoms with E-state index < -0.39 is 10.0 Å². The average Bonchev–Trinajstić information content (AvgIpc) is 3.15. The van der Waals surface area contributed by atoms with Gasteiger partial charge in [-0.1, -0.05) is 55.5 Å². The Kier molecular flexibility index (Phi) is 5.14. The van der Waals surface area contributed by atoms with Crippen LogP contribution in [0, 0.1) is 0 Å². The molecular formula is C19H19NO2S2. The normalized spacial score (nSPS) is 12.9. The molecule has 3 aromatic rings. The van der Waals surface area contributed by atoms with Gasteiger partial charge in [-0.25, -0.2) is 8.42 Å². The predicted octanol–water partition coefficient (Wildman–Crippen LogP) is 4.38. The lowest BCUT2D eigenvalue weighted by molar-refractivity contribution is 0.573. The molecule has 1 N–H and O–H groups in total. The predicted molar refractivity (Wildman–Crippen MR) is 98.7 cm³/mol. The maximum atomic E-state index is 12.7. The van der Waals surface area contributed by atoms with Gasteiger partial charge in [0.2, 0.25) is 10.0 Å². The molecule has 24 heavy (non-hydrogen) atoms. The van der Waals surface area contributed by atoms with E-state index in [1.54, 1.807) is 41.7 Å². The van der Waals surface area contributed by atoms with Crippen LogP contribution in [0.15, 0.2) is 77.0 Å². The van der Waals surface area contributed by atoms with Crippen LogP contribution in [0.4, 0.5) is 0 Å². The van der Waals surface area contributed by atoms with Crippen molar-refractivity contribution in [1.29, 1.82) is 0 Å². The van der Waals surface area contributed by atoms with E-state index in [2.05, 4.69) is 11.6 Å². The first-order valence-corrected chi connectivity index (χ1v) is 10.2. The maximum absolute atomic E-state index is 12.7. The lowest BCUT2D eigenvalue weighted by atomic mass is 10.0. The highest BCUT2D eigenvalue weighted by molar-refractivity contribution is 7.89. The van der Waals surface area contributed by atoms with Gasteiger partial charge in [-0.3, -0.25) is 0 Å². The molecule has 0 saturated heterocycles. The highest BCUT2D eigenvalue weighted by atomic mass is 32.2. The molecule has 0 aliphatic carbocycles. The van der Waals surface area contributed by atoms with Crippen molar-refractivity contribution in [2.45, 2.75) is 24.3 Å². The second kappa shape index (κ2) is 7.30. The number of hydrogen-bond donors (Lipinski definition) is 1. The van der Waals surface area contributed by atoms with E-state index in [-0.39, 0.29) is 10.9 Å². The third-order valence-electron chi connectivity index (χ3n) is 3.88. The Morgan fingerprint density at radius 1 is 0.958 bits per heavy atom. The molecule has 0 aliphatic rings. The highest BCUT2D eigenvalue weighted by Gasteiger charge is 2.23. The minimum absolute atomic E-state index is 0.275. The van der Waals surface area contributed by atoms with Crippen LogP contribution in [-0.2, 0) is 16.4 Å². The van der Waals surface area contributed by atoms with Gasteiger partial charge in [0.1, 0.15) is 0 Å². The standard InChI is InChI=1S/C19H19NO2S2/c1-2-15-10-12-16(13-11-15)19(18-9-6-14-23-18)20-24(21,22)17-7-4-3-5-8-17/h3-14,19-20H,2H2,1H3. The highest BCUT2D eigenvalue weighted by Crippen LogP contribution is 2.28. The SMILES string of the molecule is CCc1ccc(C(NS(=O)(=O)c2ccccc2)c2cccs2)cc1. The van der Waals surface area contributed by atoms with Crippen molar-refractivity contribution in [3.8, 4) is 0 Å². The number of nitrogens with one attached hydrogen (secondary N) is 1. The van der Waals surface area contributed by atoms with Crippen LogP contribution in [0.3, 0.4) is 0 Å². The molecule has 124 valence electrons. The molecule has 0 saturated carbocycles. The summed E-state index contributed by atoms with van der Waals surface area (Å²) in [6, 6.07) is 20.1. The van der Waals surface area contributed by atoms with E-state index >= 15 is 0 Å². The average molecular weight is 358 g/mol. The zero-order valence-electron chi connectivity index (χ0n) is 13.3. The fourth-order valence-electron chi connectivity index (χ4n) is 2.51. The molecule has 0 bridgehead atoms. The van der Waals surface area contributed by atoms with Gasteiger partial charge in [0.15, 0.2) is 0 Å². The fourth-order valence-corrected chi connectivity index (χ4v) is 4.62. The second-order valence-corrected chi connectivity index (χ2v) is 8.17. The van der Waals surface area contributed by atoms with E-state index in [1.165, 1.54) is 5.56 Å². The van der Waals surface area contributed by atoms with Crippen LogP contribution in [-0.4, -0.2) is 8.42 Å². The molecule has 0 radical (unpaired) electrons. The number of sulfonamides is 1. The van der Waals surface area contributed by atoms with Crippen molar-refractivity contribution in [3.63, 3.8) is 0 Å². The Morgan fingerprint density at radius 3 is 2.25 bits per heavy atom. The van der Waals surface area contributed by atoms with Crippen LogP contribution in [0.25, 0.3) is 0 Å². The van der Waals surface area contributed by atoms with Crippen molar-refractivity contribution in [2.75, 3.05) is 0 Å². The van der Waals surface area contributed by atoms with Gasteiger partial charge in [-0.05, 0) is 41.1 Å². The van der Waals surface area contributed by atoms with Crippen LogP contribution < -0.4 is 4.72 Å². The van der Waals surface area contributed by atoms with Crippen LogP contribution in [0.1, 0.15) is 29.0 Å². The number of hydrogen-bond acceptors (Lipinski definition) is 3. The molecular weight excluding hydrogens is 338 g/mol. The van der Waals surface area contributed by atoms with Gasteiger partial charge in [0.25, 0.3) is 0 Å². The molecule has 0 aliphatic heterocycles. The summed E-state index contributed by atoms with van der Waals surface area (Å²) in [5.41, 5.74) is 2.17. The van der Waals surface area contributed by atoms with E-state index in [4.69, 9.17) is 0 Å². The lowest BCUT2D eigenvalue weighted by Gasteiger charge is -2.18. The van der Waals surface area contributed by atoms with Crippen molar-refractivity contribution < 1.29 is 8.42 Å². The minimum atomic E-state index is -3.59. The summed E-state index contributed by atoms with van der Waals surface area (Å²) >= 11 is 1.54. The third-order valence-corrected chi connectivity index (χ3v) is 6.25. The smallest absolute Gasteiger partial charge is 0.207 e. The first-order valence-electron chi connectivity index (χ1n) is 7.80. The van der Waals surface area contributed by atoms with Crippen molar-refractivity contribution >= 4 is 21.4 Å². The van der Waals surface area contributed by atoms with Crippen LogP contribution in [0.5, 0.6) is 0 Å². The second-order valence-electron chi connectivity index (χ2n) is 5.48. The first kappa shape index (κ1) is 16.9. The Balaban J connectivity index is 1.97. The van der Waals surface area contributed by atoms with Gasteiger partial charge in [-0.2, -0.15) is 4.72 Å². The molecule has 3 nitrogen and oxygen atoms in total. The van der Waals surface area contributed by atoms with E-state index in [0.717, 1.165) is 16.9 Å².